The standard InChI is InChI=1S/C29H44O2/c1-20-10-16-25(30)19-23(20)14-13-21-7-6-18-29(4)24(15-17-27(21)29)8-5-9-26(22-11-12-22)28(2,3)31/h5,9,13-14,22,24-27,30-31H,1,6-8,10-12,15-19H2,2-4H3/b9-5+,21-13+,23-14-. The lowest BCUT2D eigenvalue weighted by atomic mass is 9.63. The summed E-state index contributed by atoms with van der Waals surface area (Å²) < 4.78 is 0. The predicted molar refractivity (Wildman–Crippen MR) is 130 cm³/mol. The van der Waals surface area contributed by atoms with E-state index in [1.807, 2.05) is 13.8 Å². The summed E-state index contributed by atoms with van der Waals surface area (Å²) in [5.41, 5.74) is 3.90. The molecule has 172 valence electrons. The number of rotatable bonds is 6. The third-order valence-electron chi connectivity index (χ3n) is 9.06. The molecular weight excluding hydrogens is 380 g/mol. The molecule has 4 saturated carbocycles. The first-order valence-electron chi connectivity index (χ1n) is 12.8. The molecule has 0 amide bonds. The van der Waals surface area contributed by atoms with Crippen LogP contribution in [0, 0.1) is 29.1 Å². The van der Waals surface area contributed by atoms with Crippen molar-refractivity contribution >= 4 is 0 Å². The molecule has 2 N–H and O–H groups in total. The van der Waals surface area contributed by atoms with E-state index in [0.29, 0.717) is 23.2 Å². The van der Waals surface area contributed by atoms with Crippen LogP contribution in [0.3, 0.4) is 0 Å². The zero-order valence-electron chi connectivity index (χ0n) is 20.1. The molecule has 5 unspecified atom stereocenters. The van der Waals surface area contributed by atoms with Crippen LogP contribution < -0.4 is 0 Å². The maximum absolute atomic E-state index is 10.6. The monoisotopic (exact) mass is 424 g/mol. The van der Waals surface area contributed by atoms with Gasteiger partial charge in [-0.05, 0) is 113 Å². The van der Waals surface area contributed by atoms with Gasteiger partial charge < -0.3 is 10.2 Å². The first-order chi connectivity index (χ1) is 14.7. The predicted octanol–water partition coefficient (Wildman–Crippen LogP) is 6.90. The van der Waals surface area contributed by atoms with E-state index in [-0.39, 0.29) is 6.10 Å². The third-order valence-corrected chi connectivity index (χ3v) is 9.06. The highest BCUT2D eigenvalue weighted by molar-refractivity contribution is 5.36. The molecule has 0 aromatic heterocycles. The molecule has 0 heterocycles. The Bertz CT molecular complexity index is 760. The van der Waals surface area contributed by atoms with Crippen molar-refractivity contribution < 1.29 is 10.2 Å². The molecule has 5 atom stereocenters. The van der Waals surface area contributed by atoms with Crippen molar-refractivity contribution in [2.75, 3.05) is 0 Å². The molecule has 0 radical (unpaired) electrons. The zero-order chi connectivity index (χ0) is 22.2. The lowest BCUT2D eigenvalue weighted by Crippen LogP contribution is -2.33. The van der Waals surface area contributed by atoms with Gasteiger partial charge in [0.15, 0.2) is 0 Å². The summed E-state index contributed by atoms with van der Waals surface area (Å²) in [5, 5.41) is 20.6. The van der Waals surface area contributed by atoms with Crippen LogP contribution in [0.25, 0.3) is 0 Å². The van der Waals surface area contributed by atoms with Gasteiger partial charge in [-0.3, -0.25) is 0 Å². The molecule has 0 aromatic rings. The molecule has 0 aromatic carbocycles. The van der Waals surface area contributed by atoms with Gasteiger partial charge in [-0.15, -0.1) is 0 Å². The van der Waals surface area contributed by atoms with Gasteiger partial charge in [0, 0.05) is 5.92 Å². The van der Waals surface area contributed by atoms with Crippen LogP contribution in [0.5, 0.6) is 0 Å². The SMILES string of the molecule is C=C1CCC(O)C/C1=C/C=C1\CCCC2(C)C(C/C=C/C(C3CC3)C(C)(C)O)CCC12. The Morgan fingerprint density at radius 2 is 1.90 bits per heavy atom. The maximum Gasteiger partial charge on any atom is 0.0656 e. The third kappa shape index (κ3) is 5.11. The Morgan fingerprint density at radius 3 is 2.61 bits per heavy atom. The summed E-state index contributed by atoms with van der Waals surface area (Å²) in [4.78, 5) is 0. The van der Waals surface area contributed by atoms with Crippen molar-refractivity contribution in [3.05, 3.63) is 47.6 Å². The fraction of sp³-hybridized carbons (Fsp3) is 0.724. The van der Waals surface area contributed by atoms with Gasteiger partial charge in [0.2, 0.25) is 0 Å². The first-order valence-corrected chi connectivity index (χ1v) is 12.8. The second-order valence-electron chi connectivity index (χ2n) is 11.8. The zero-order valence-corrected chi connectivity index (χ0v) is 20.1. The largest absolute Gasteiger partial charge is 0.393 e. The van der Waals surface area contributed by atoms with E-state index in [9.17, 15) is 10.2 Å². The topological polar surface area (TPSA) is 40.5 Å². The average molecular weight is 425 g/mol. The summed E-state index contributed by atoms with van der Waals surface area (Å²) in [6.45, 7) is 10.7. The minimum atomic E-state index is -0.606. The maximum atomic E-state index is 10.6. The van der Waals surface area contributed by atoms with Crippen molar-refractivity contribution in [1.29, 1.82) is 0 Å². The average Bonchev–Trinajstić information content (AvgIpc) is 3.47. The Morgan fingerprint density at radius 1 is 1.13 bits per heavy atom. The van der Waals surface area contributed by atoms with E-state index in [2.05, 4.69) is 37.8 Å². The minimum absolute atomic E-state index is 0.196. The summed E-state index contributed by atoms with van der Waals surface area (Å²) in [7, 11) is 0. The van der Waals surface area contributed by atoms with E-state index in [1.165, 1.54) is 56.1 Å². The van der Waals surface area contributed by atoms with E-state index in [0.717, 1.165) is 31.6 Å². The molecule has 0 aliphatic heterocycles. The minimum Gasteiger partial charge on any atom is -0.393 e. The Kier molecular flexibility index (Phi) is 6.71. The molecule has 0 bridgehead atoms. The van der Waals surface area contributed by atoms with Crippen LogP contribution in [0.4, 0.5) is 0 Å². The number of aliphatic hydroxyl groups is 2. The Labute approximate surface area is 190 Å². The van der Waals surface area contributed by atoms with Gasteiger partial charge in [-0.25, -0.2) is 0 Å². The van der Waals surface area contributed by atoms with Crippen LogP contribution in [0.15, 0.2) is 47.6 Å². The highest BCUT2D eigenvalue weighted by Gasteiger charge is 2.48. The van der Waals surface area contributed by atoms with Crippen LogP contribution in [0.1, 0.15) is 91.4 Å². The lowest BCUT2D eigenvalue weighted by molar-refractivity contribution is 0.0281. The van der Waals surface area contributed by atoms with Crippen LogP contribution in [-0.2, 0) is 0 Å². The van der Waals surface area contributed by atoms with E-state index >= 15 is 0 Å². The molecular formula is C29H44O2. The second-order valence-corrected chi connectivity index (χ2v) is 11.8. The second kappa shape index (κ2) is 9.02. The Hall–Kier alpha value is -1.12. The van der Waals surface area contributed by atoms with Gasteiger partial charge in [-0.2, -0.15) is 0 Å². The van der Waals surface area contributed by atoms with Crippen LogP contribution in [0.2, 0.25) is 0 Å². The quantitative estimate of drug-likeness (QED) is 0.455. The molecule has 0 spiro atoms. The summed E-state index contributed by atoms with van der Waals surface area (Å²) in [5.74, 6) is 2.45. The highest BCUT2D eigenvalue weighted by atomic mass is 16.3. The van der Waals surface area contributed by atoms with Crippen molar-refractivity contribution in [2.24, 2.45) is 29.1 Å². The molecule has 2 heteroatoms. The number of hydrogen-bond donors (Lipinski definition) is 2. The van der Waals surface area contributed by atoms with Gasteiger partial charge in [-0.1, -0.05) is 49.0 Å². The van der Waals surface area contributed by atoms with E-state index in [1.54, 1.807) is 5.57 Å². The summed E-state index contributed by atoms with van der Waals surface area (Å²) in [6.07, 6.45) is 22.0. The van der Waals surface area contributed by atoms with Crippen molar-refractivity contribution in [3.8, 4) is 0 Å². The van der Waals surface area contributed by atoms with Crippen molar-refractivity contribution in [2.45, 2.75) is 103 Å². The summed E-state index contributed by atoms with van der Waals surface area (Å²) in [6, 6.07) is 0. The number of aliphatic hydroxyl groups excluding tert-OH is 1. The lowest BCUT2D eigenvalue weighted by Gasteiger charge is -2.42. The van der Waals surface area contributed by atoms with E-state index in [4.69, 9.17) is 0 Å². The molecule has 2 nitrogen and oxygen atoms in total. The van der Waals surface area contributed by atoms with Crippen LogP contribution in [-0.4, -0.2) is 21.9 Å². The number of fused-ring (bicyclic) bond motifs is 1. The van der Waals surface area contributed by atoms with Crippen LogP contribution >= 0.6 is 0 Å². The smallest absolute Gasteiger partial charge is 0.0656 e. The van der Waals surface area contributed by atoms with Gasteiger partial charge >= 0.3 is 0 Å². The summed E-state index contributed by atoms with van der Waals surface area (Å²) >= 11 is 0. The molecule has 0 saturated heterocycles. The Balaban J connectivity index is 1.44. The van der Waals surface area contributed by atoms with Gasteiger partial charge in [0.05, 0.1) is 11.7 Å². The highest BCUT2D eigenvalue weighted by Crippen LogP contribution is 2.58. The fourth-order valence-electron chi connectivity index (χ4n) is 6.94. The molecule has 4 rings (SSSR count). The van der Waals surface area contributed by atoms with Crippen molar-refractivity contribution in [1.82, 2.24) is 0 Å². The number of hydrogen-bond acceptors (Lipinski definition) is 2. The normalized spacial score (nSPS) is 38.2. The van der Waals surface area contributed by atoms with Gasteiger partial charge in [0.25, 0.3) is 0 Å². The molecule has 4 fully saturated rings. The van der Waals surface area contributed by atoms with E-state index < -0.39 is 5.60 Å². The first kappa shape index (κ1) is 23.1. The molecule has 31 heavy (non-hydrogen) atoms. The fourth-order valence-corrected chi connectivity index (χ4v) is 6.94. The number of allylic oxidation sites excluding steroid dienone is 5. The van der Waals surface area contributed by atoms with Gasteiger partial charge in [0.1, 0.15) is 0 Å². The molecule has 4 aliphatic rings. The molecule has 4 aliphatic carbocycles. The van der Waals surface area contributed by atoms with Crippen molar-refractivity contribution in [3.63, 3.8) is 0 Å².